The van der Waals surface area contributed by atoms with Gasteiger partial charge in [-0.25, -0.2) is 0 Å². The van der Waals surface area contributed by atoms with Crippen LogP contribution in [0.2, 0.25) is 0 Å². The maximum atomic E-state index is 6.12. The highest BCUT2D eigenvalue weighted by Gasteiger charge is 2.47. The molecule has 7 heteroatoms. The molecule has 0 radical (unpaired) electrons. The van der Waals surface area contributed by atoms with Crippen molar-refractivity contribution < 1.29 is 28.4 Å². The SMILES string of the molecule is C=COCCOCC1CCC([S+](C2CCC(OCCOC=C)CC2)C2CCC(OCCOC=C)CC2)CC1. The predicted octanol–water partition coefficient (Wildman–Crippen LogP) is 6.32. The van der Waals surface area contributed by atoms with E-state index in [1.165, 1.54) is 95.8 Å². The van der Waals surface area contributed by atoms with E-state index in [0.717, 1.165) is 22.4 Å². The summed E-state index contributed by atoms with van der Waals surface area (Å²) in [5, 5.41) is 2.59. The zero-order valence-electron chi connectivity index (χ0n) is 23.6. The molecule has 0 unspecified atom stereocenters. The molecule has 6 nitrogen and oxygen atoms in total. The van der Waals surface area contributed by atoms with Crippen LogP contribution in [0.25, 0.3) is 0 Å². The molecule has 0 aromatic heterocycles. The van der Waals surface area contributed by atoms with Gasteiger partial charge in [-0.15, -0.1) is 0 Å². The minimum atomic E-state index is 0.394. The van der Waals surface area contributed by atoms with E-state index in [1.807, 2.05) is 0 Å². The topological polar surface area (TPSA) is 55.4 Å². The zero-order valence-corrected chi connectivity index (χ0v) is 24.4. The minimum Gasteiger partial charge on any atom is -0.499 e. The monoisotopic (exact) mass is 553 g/mol. The van der Waals surface area contributed by atoms with E-state index < -0.39 is 0 Å². The lowest BCUT2D eigenvalue weighted by Gasteiger charge is -2.39. The second-order valence-corrected chi connectivity index (χ2v) is 13.6. The molecule has 0 heterocycles. The van der Waals surface area contributed by atoms with Gasteiger partial charge in [-0.05, 0) is 93.9 Å². The van der Waals surface area contributed by atoms with Crippen molar-refractivity contribution in [1.29, 1.82) is 0 Å². The second kappa shape index (κ2) is 19.0. The number of rotatable bonds is 19. The molecule has 3 rings (SSSR count). The van der Waals surface area contributed by atoms with E-state index in [0.29, 0.717) is 68.7 Å². The van der Waals surface area contributed by atoms with Crippen LogP contribution in [0.4, 0.5) is 0 Å². The van der Waals surface area contributed by atoms with Gasteiger partial charge in [0, 0.05) is 6.61 Å². The van der Waals surface area contributed by atoms with E-state index in [1.54, 1.807) is 0 Å². The van der Waals surface area contributed by atoms with Crippen LogP contribution in [-0.4, -0.2) is 74.2 Å². The lowest BCUT2D eigenvalue weighted by atomic mass is 9.89. The first kappa shape index (κ1) is 31.4. The summed E-state index contributed by atoms with van der Waals surface area (Å²) in [4.78, 5) is 0. The Hall–Kier alpha value is -1.15. The summed E-state index contributed by atoms with van der Waals surface area (Å²) in [6, 6.07) is 0. The van der Waals surface area contributed by atoms with E-state index in [-0.39, 0.29) is 0 Å². The minimum absolute atomic E-state index is 0.394. The molecule has 3 aliphatic rings. The highest BCUT2D eigenvalue weighted by molar-refractivity contribution is 7.98. The fourth-order valence-electron chi connectivity index (χ4n) is 6.46. The van der Waals surface area contributed by atoms with Crippen molar-refractivity contribution in [3.8, 4) is 0 Å². The summed E-state index contributed by atoms with van der Waals surface area (Å²) in [6.45, 7) is 15.5. The first-order valence-electron chi connectivity index (χ1n) is 14.9. The quantitative estimate of drug-likeness (QED) is 0.106. The molecule has 0 bridgehead atoms. The molecule has 0 N–H and O–H groups in total. The van der Waals surface area contributed by atoms with Gasteiger partial charge in [0.1, 0.15) is 35.6 Å². The molecular weight excluding hydrogens is 500 g/mol. The molecule has 0 amide bonds. The smallest absolute Gasteiger partial charge is 0.119 e. The summed E-state index contributed by atoms with van der Waals surface area (Å²) >= 11 is 0. The Morgan fingerprint density at radius 1 is 0.500 bits per heavy atom. The largest absolute Gasteiger partial charge is 0.499 e. The summed E-state index contributed by atoms with van der Waals surface area (Å²) in [6.07, 6.45) is 20.7. The highest BCUT2D eigenvalue weighted by atomic mass is 32.2. The fourth-order valence-corrected chi connectivity index (χ4v) is 10.5. The van der Waals surface area contributed by atoms with Gasteiger partial charge in [0.25, 0.3) is 0 Å². The summed E-state index contributed by atoms with van der Waals surface area (Å²) in [5.74, 6) is 0.698. The van der Waals surface area contributed by atoms with Gasteiger partial charge in [0.15, 0.2) is 0 Å². The molecule has 0 aliphatic heterocycles. The van der Waals surface area contributed by atoms with Gasteiger partial charge < -0.3 is 28.4 Å². The molecular formula is C31H53O6S+. The van der Waals surface area contributed by atoms with Crippen molar-refractivity contribution in [3.05, 3.63) is 38.5 Å². The average Bonchev–Trinajstić information content (AvgIpc) is 2.96. The number of hydrogen-bond acceptors (Lipinski definition) is 6. The van der Waals surface area contributed by atoms with Gasteiger partial charge in [-0.1, -0.05) is 19.7 Å². The molecule has 3 aliphatic carbocycles. The van der Waals surface area contributed by atoms with Crippen LogP contribution >= 0.6 is 0 Å². The van der Waals surface area contributed by atoms with E-state index in [9.17, 15) is 0 Å². The van der Waals surface area contributed by atoms with Crippen molar-refractivity contribution >= 4 is 10.9 Å². The highest BCUT2D eigenvalue weighted by Crippen LogP contribution is 2.42. The molecule has 3 saturated carbocycles. The average molecular weight is 554 g/mol. The summed E-state index contributed by atoms with van der Waals surface area (Å²) in [7, 11) is 0.485. The predicted molar refractivity (Wildman–Crippen MR) is 156 cm³/mol. The molecule has 0 saturated heterocycles. The van der Waals surface area contributed by atoms with Crippen LogP contribution in [0.1, 0.15) is 77.0 Å². The van der Waals surface area contributed by atoms with Crippen LogP contribution < -0.4 is 0 Å². The molecule has 218 valence electrons. The van der Waals surface area contributed by atoms with Crippen molar-refractivity contribution in [2.45, 2.75) is 105 Å². The Balaban J connectivity index is 1.49. The van der Waals surface area contributed by atoms with Crippen LogP contribution in [0.15, 0.2) is 38.5 Å². The van der Waals surface area contributed by atoms with Crippen molar-refractivity contribution in [2.24, 2.45) is 5.92 Å². The Morgan fingerprint density at radius 3 is 1.32 bits per heavy atom. The standard InChI is InChI=1S/C31H53O6S/c1-4-32-19-20-35-25-26-7-13-29(14-8-26)38(30-15-9-27(10-16-30)36-23-21-33-5-2)31-17-11-28(12-18-31)37-24-22-34-6-3/h4-6,26-31H,1-3,7-25H2/q+1. The van der Waals surface area contributed by atoms with Gasteiger partial charge in [-0.3, -0.25) is 0 Å². The van der Waals surface area contributed by atoms with Crippen LogP contribution in [0.3, 0.4) is 0 Å². The Kier molecular flexibility index (Phi) is 15.7. The molecule has 3 fully saturated rings. The third kappa shape index (κ3) is 11.1. The summed E-state index contributed by atoms with van der Waals surface area (Å²) in [5.41, 5.74) is 0. The van der Waals surface area contributed by atoms with Crippen LogP contribution in [-0.2, 0) is 39.3 Å². The maximum Gasteiger partial charge on any atom is 0.119 e. The molecule has 0 aromatic carbocycles. The normalized spacial score (nSPS) is 30.6. The Labute approximate surface area is 234 Å². The Bertz CT molecular complexity index is 600. The van der Waals surface area contributed by atoms with Gasteiger partial charge in [0.2, 0.25) is 0 Å². The molecule has 0 aromatic rings. The van der Waals surface area contributed by atoms with E-state index in [2.05, 4.69) is 19.7 Å². The lowest BCUT2D eigenvalue weighted by Crippen LogP contribution is -2.46. The van der Waals surface area contributed by atoms with Crippen LogP contribution in [0, 0.1) is 5.92 Å². The maximum absolute atomic E-state index is 6.12. The third-order valence-electron chi connectivity index (χ3n) is 8.35. The third-order valence-corrected chi connectivity index (χ3v) is 12.1. The van der Waals surface area contributed by atoms with Crippen LogP contribution in [0.5, 0.6) is 0 Å². The van der Waals surface area contributed by atoms with Crippen molar-refractivity contribution in [2.75, 3.05) is 46.2 Å². The van der Waals surface area contributed by atoms with Crippen molar-refractivity contribution in [1.82, 2.24) is 0 Å². The first-order chi connectivity index (χ1) is 18.7. The first-order valence-corrected chi connectivity index (χ1v) is 16.4. The molecule has 0 atom stereocenters. The van der Waals surface area contributed by atoms with Gasteiger partial charge in [-0.2, -0.15) is 0 Å². The fraction of sp³-hybridized carbons (Fsp3) is 0.806. The van der Waals surface area contributed by atoms with E-state index in [4.69, 9.17) is 28.4 Å². The number of ether oxygens (including phenoxy) is 6. The number of hydrogen-bond donors (Lipinski definition) is 0. The second-order valence-electron chi connectivity index (χ2n) is 10.8. The lowest BCUT2D eigenvalue weighted by molar-refractivity contribution is 0.00545. The van der Waals surface area contributed by atoms with E-state index >= 15 is 0 Å². The molecule has 0 spiro atoms. The molecule has 38 heavy (non-hydrogen) atoms. The summed E-state index contributed by atoms with van der Waals surface area (Å²) < 4.78 is 33.8. The van der Waals surface area contributed by atoms with Gasteiger partial charge >= 0.3 is 0 Å². The Morgan fingerprint density at radius 2 is 0.895 bits per heavy atom. The zero-order chi connectivity index (χ0) is 26.8. The van der Waals surface area contributed by atoms with Gasteiger partial charge in [0.05, 0.1) is 50.8 Å². The van der Waals surface area contributed by atoms with Crippen molar-refractivity contribution in [3.63, 3.8) is 0 Å².